The van der Waals surface area contributed by atoms with E-state index in [-0.39, 0.29) is 16.9 Å². The van der Waals surface area contributed by atoms with Crippen LogP contribution >= 0.6 is 0 Å². The molecular formula is C16H36N2O2Si. The maximum Gasteiger partial charge on any atom is 0.192 e. The van der Waals surface area contributed by atoms with Gasteiger partial charge in [0.25, 0.3) is 0 Å². The number of hydrogen-bond donors (Lipinski definition) is 1. The minimum Gasteiger partial charge on any atom is -0.413 e. The Bertz CT molecular complexity index is 315. The maximum atomic E-state index is 6.41. The highest BCUT2D eigenvalue weighted by Gasteiger charge is 2.38. The fourth-order valence-corrected chi connectivity index (χ4v) is 3.08. The van der Waals surface area contributed by atoms with Gasteiger partial charge in [-0.1, -0.05) is 20.8 Å². The standard InChI is InChI=1S/C16H36N2O2Si/c1-15(2,3)20-14(18-11-9-17-10-12-18)13-19-21(7,8)16(4,5)6/h14,17H,9-13H2,1-8H3/t14-/m1/s1. The van der Waals surface area contributed by atoms with Gasteiger partial charge in [0.2, 0.25) is 0 Å². The molecule has 4 nitrogen and oxygen atoms in total. The maximum absolute atomic E-state index is 6.41. The molecule has 21 heavy (non-hydrogen) atoms. The zero-order valence-corrected chi connectivity index (χ0v) is 16.4. The smallest absolute Gasteiger partial charge is 0.192 e. The lowest BCUT2D eigenvalue weighted by atomic mass is 10.2. The normalized spacial score (nSPS) is 20.6. The third kappa shape index (κ3) is 6.36. The van der Waals surface area contributed by atoms with Gasteiger partial charge in [-0.05, 0) is 38.9 Å². The Morgan fingerprint density at radius 3 is 2.00 bits per heavy atom. The lowest BCUT2D eigenvalue weighted by Crippen LogP contribution is -2.54. The Morgan fingerprint density at radius 1 is 1.05 bits per heavy atom. The molecule has 126 valence electrons. The molecule has 1 rings (SSSR count). The van der Waals surface area contributed by atoms with Gasteiger partial charge in [-0.3, -0.25) is 4.90 Å². The monoisotopic (exact) mass is 316 g/mol. The molecular weight excluding hydrogens is 280 g/mol. The molecule has 1 N–H and O–H groups in total. The first-order chi connectivity index (χ1) is 9.42. The highest BCUT2D eigenvalue weighted by molar-refractivity contribution is 6.74. The third-order valence-electron chi connectivity index (χ3n) is 4.44. The summed E-state index contributed by atoms with van der Waals surface area (Å²) < 4.78 is 12.7. The Kier molecular flexibility index (Phi) is 6.45. The molecule has 5 heteroatoms. The summed E-state index contributed by atoms with van der Waals surface area (Å²) in [7, 11) is -1.73. The van der Waals surface area contributed by atoms with Crippen molar-refractivity contribution in [3.8, 4) is 0 Å². The predicted molar refractivity (Wildman–Crippen MR) is 92.2 cm³/mol. The van der Waals surface area contributed by atoms with Crippen LogP contribution in [0.15, 0.2) is 0 Å². The number of nitrogens with zero attached hydrogens (tertiary/aromatic N) is 1. The van der Waals surface area contributed by atoms with E-state index in [1.54, 1.807) is 0 Å². The van der Waals surface area contributed by atoms with E-state index in [0.717, 1.165) is 26.2 Å². The van der Waals surface area contributed by atoms with Crippen molar-refractivity contribution in [3.05, 3.63) is 0 Å². The van der Waals surface area contributed by atoms with E-state index in [1.165, 1.54) is 0 Å². The van der Waals surface area contributed by atoms with Crippen molar-refractivity contribution >= 4 is 8.32 Å². The summed E-state index contributed by atoms with van der Waals surface area (Å²) in [6, 6.07) is 0. The van der Waals surface area contributed by atoms with Crippen LogP contribution in [0.2, 0.25) is 18.1 Å². The average molecular weight is 317 g/mol. The van der Waals surface area contributed by atoms with E-state index in [4.69, 9.17) is 9.16 Å². The van der Waals surface area contributed by atoms with Gasteiger partial charge in [-0.15, -0.1) is 0 Å². The predicted octanol–water partition coefficient (Wildman–Crippen LogP) is 3.05. The SMILES string of the molecule is CC(C)(C)O[C@H](CO[Si](C)(C)C(C)(C)C)N1CCNCC1. The zero-order valence-electron chi connectivity index (χ0n) is 15.4. The summed E-state index contributed by atoms with van der Waals surface area (Å²) in [4.78, 5) is 2.41. The van der Waals surface area contributed by atoms with E-state index >= 15 is 0 Å². The summed E-state index contributed by atoms with van der Waals surface area (Å²) in [5.41, 5.74) is -0.146. The molecule has 0 unspecified atom stereocenters. The third-order valence-corrected chi connectivity index (χ3v) is 8.94. The van der Waals surface area contributed by atoms with Crippen LogP contribution < -0.4 is 5.32 Å². The highest BCUT2D eigenvalue weighted by Crippen LogP contribution is 2.36. The minimum atomic E-state index is -1.73. The molecule has 0 spiro atoms. The molecule has 1 saturated heterocycles. The molecule has 0 aromatic carbocycles. The van der Waals surface area contributed by atoms with Crippen LogP contribution in [0.1, 0.15) is 41.5 Å². The molecule has 1 aliphatic rings. The molecule has 0 bridgehead atoms. The van der Waals surface area contributed by atoms with Crippen LogP contribution in [0.5, 0.6) is 0 Å². The molecule has 0 aliphatic carbocycles. The van der Waals surface area contributed by atoms with Crippen LogP contribution in [-0.2, 0) is 9.16 Å². The minimum absolute atomic E-state index is 0.0567. The van der Waals surface area contributed by atoms with Gasteiger partial charge in [0.15, 0.2) is 8.32 Å². The largest absolute Gasteiger partial charge is 0.413 e. The van der Waals surface area contributed by atoms with Crippen LogP contribution in [0.25, 0.3) is 0 Å². The summed E-state index contributed by atoms with van der Waals surface area (Å²) in [6.07, 6.45) is 0.0567. The van der Waals surface area contributed by atoms with Gasteiger partial charge in [0.05, 0.1) is 12.2 Å². The van der Waals surface area contributed by atoms with Crippen LogP contribution in [0.3, 0.4) is 0 Å². The molecule has 0 saturated carbocycles. The first-order valence-electron chi connectivity index (χ1n) is 8.19. The van der Waals surface area contributed by atoms with Crippen molar-refractivity contribution in [1.29, 1.82) is 0 Å². The second-order valence-corrected chi connectivity index (χ2v) is 13.4. The molecule has 1 atom stereocenters. The number of hydrogen-bond acceptors (Lipinski definition) is 4. The second-order valence-electron chi connectivity index (χ2n) is 8.54. The molecule has 0 aromatic heterocycles. The fourth-order valence-electron chi connectivity index (χ4n) is 2.09. The molecule has 0 radical (unpaired) electrons. The van der Waals surface area contributed by atoms with Gasteiger partial charge in [0, 0.05) is 26.2 Å². The number of nitrogens with one attached hydrogen (secondary N) is 1. The molecule has 1 aliphatic heterocycles. The summed E-state index contributed by atoms with van der Waals surface area (Å²) in [5, 5.41) is 3.64. The van der Waals surface area contributed by atoms with E-state index < -0.39 is 8.32 Å². The lowest BCUT2D eigenvalue weighted by Gasteiger charge is -2.42. The van der Waals surface area contributed by atoms with Crippen molar-refractivity contribution in [1.82, 2.24) is 10.2 Å². The molecule has 0 amide bonds. The average Bonchev–Trinajstić information content (AvgIpc) is 2.33. The van der Waals surface area contributed by atoms with Crippen LogP contribution in [0, 0.1) is 0 Å². The topological polar surface area (TPSA) is 33.7 Å². The van der Waals surface area contributed by atoms with Crippen molar-refractivity contribution in [2.75, 3.05) is 32.8 Å². The van der Waals surface area contributed by atoms with Crippen molar-refractivity contribution < 1.29 is 9.16 Å². The molecule has 0 aromatic rings. The van der Waals surface area contributed by atoms with E-state index in [2.05, 4.69) is 64.9 Å². The second kappa shape index (κ2) is 7.09. The van der Waals surface area contributed by atoms with Crippen molar-refractivity contribution in [3.63, 3.8) is 0 Å². The van der Waals surface area contributed by atoms with Gasteiger partial charge < -0.3 is 14.5 Å². The van der Waals surface area contributed by atoms with E-state index in [0.29, 0.717) is 6.61 Å². The summed E-state index contributed by atoms with van der Waals surface area (Å²) >= 11 is 0. The first-order valence-corrected chi connectivity index (χ1v) is 11.1. The fraction of sp³-hybridized carbons (Fsp3) is 1.00. The van der Waals surface area contributed by atoms with Crippen LogP contribution in [0.4, 0.5) is 0 Å². The first kappa shape index (κ1) is 19.1. The number of piperazine rings is 1. The van der Waals surface area contributed by atoms with E-state index in [9.17, 15) is 0 Å². The Balaban J connectivity index is 2.68. The number of ether oxygens (including phenoxy) is 1. The van der Waals surface area contributed by atoms with Gasteiger partial charge in [-0.25, -0.2) is 0 Å². The Hall–Kier alpha value is 0.0569. The Labute approximate surface area is 132 Å². The molecule has 1 fully saturated rings. The Morgan fingerprint density at radius 2 is 1.57 bits per heavy atom. The van der Waals surface area contributed by atoms with Gasteiger partial charge in [0.1, 0.15) is 6.23 Å². The van der Waals surface area contributed by atoms with E-state index in [1.807, 2.05) is 0 Å². The van der Waals surface area contributed by atoms with Crippen molar-refractivity contribution in [2.45, 2.75) is 71.5 Å². The zero-order chi connectivity index (χ0) is 16.3. The van der Waals surface area contributed by atoms with Crippen LogP contribution in [-0.4, -0.2) is 57.8 Å². The van der Waals surface area contributed by atoms with Crippen molar-refractivity contribution in [2.24, 2.45) is 0 Å². The number of rotatable bonds is 5. The van der Waals surface area contributed by atoms with Gasteiger partial charge in [-0.2, -0.15) is 0 Å². The highest BCUT2D eigenvalue weighted by atomic mass is 28.4. The molecule has 1 heterocycles. The quantitative estimate of drug-likeness (QED) is 0.791. The van der Waals surface area contributed by atoms with Gasteiger partial charge >= 0.3 is 0 Å². The summed E-state index contributed by atoms with van der Waals surface area (Å²) in [5.74, 6) is 0. The lowest BCUT2D eigenvalue weighted by molar-refractivity contribution is -0.150. The summed E-state index contributed by atoms with van der Waals surface area (Å²) in [6.45, 7) is 22.6.